The fourth-order valence-corrected chi connectivity index (χ4v) is 2.15. The van der Waals surface area contributed by atoms with Crippen LogP contribution in [0.5, 0.6) is 0 Å². The van der Waals surface area contributed by atoms with Crippen LogP contribution in [0, 0.1) is 0 Å². The van der Waals surface area contributed by atoms with Crippen molar-refractivity contribution in [2.75, 3.05) is 13.1 Å². The van der Waals surface area contributed by atoms with Crippen molar-refractivity contribution in [2.24, 2.45) is 5.73 Å². The topological polar surface area (TPSA) is 110 Å². The number of hydrogen-bond donors (Lipinski definition) is 2. The van der Waals surface area contributed by atoms with Gasteiger partial charge in [-0.2, -0.15) is 0 Å². The molecule has 0 aromatic carbocycles. The zero-order valence-corrected chi connectivity index (χ0v) is 10.4. The number of carboxylic acids is 1. The van der Waals surface area contributed by atoms with Crippen LogP contribution in [0.25, 0.3) is 0 Å². The zero-order chi connectivity index (χ0) is 13.2. The molecule has 0 radical (unpaired) electrons. The number of nitrogens with zero attached hydrogens (tertiary/aromatic N) is 5. The van der Waals surface area contributed by atoms with Crippen LogP contribution >= 0.6 is 0 Å². The van der Waals surface area contributed by atoms with E-state index in [-0.39, 0.29) is 0 Å². The highest BCUT2D eigenvalue weighted by molar-refractivity contribution is 5.79. The van der Waals surface area contributed by atoms with E-state index in [0.29, 0.717) is 26.1 Å². The Hall–Kier alpha value is -1.54. The molecule has 0 bridgehead atoms. The number of hydrogen-bond acceptors (Lipinski definition) is 6. The lowest BCUT2D eigenvalue weighted by Crippen LogP contribution is -2.50. The van der Waals surface area contributed by atoms with Gasteiger partial charge in [0, 0.05) is 19.6 Å². The normalized spacial score (nSPS) is 24.6. The largest absolute Gasteiger partial charge is 0.480 e. The molecule has 8 nitrogen and oxygen atoms in total. The highest BCUT2D eigenvalue weighted by atomic mass is 16.4. The lowest BCUT2D eigenvalue weighted by molar-refractivity contribution is -0.142. The Morgan fingerprint density at radius 1 is 1.61 bits per heavy atom. The highest BCUT2D eigenvalue weighted by Crippen LogP contribution is 2.20. The van der Waals surface area contributed by atoms with Crippen LogP contribution in [0.2, 0.25) is 0 Å². The molecule has 18 heavy (non-hydrogen) atoms. The van der Waals surface area contributed by atoms with Gasteiger partial charge in [-0.15, -0.1) is 5.10 Å². The average Bonchev–Trinajstić information content (AvgIpc) is 2.89. The third kappa shape index (κ3) is 2.49. The Morgan fingerprint density at radius 2 is 2.39 bits per heavy atom. The summed E-state index contributed by atoms with van der Waals surface area (Å²) in [4.78, 5) is 13.0. The summed E-state index contributed by atoms with van der Waals surface area (Å²) in [6, 6.07) is 0. The first-order valence-corrected chi connectivity index (χ1v) is 6.05. The molecule has 2 heterocycles. The Kier molecular flexibility index (Phi) is 3.58. The summed E-state index contributed by atoms with van der Waals surface area (Å²) in [6.45, 7) is 4.35. The number of aliphatic carboxylic acids is 1. The van der Waals surface area contributed by atoms with E-state index in [0.717, 1.165) is 18.8 Å². The number of carboxylic acid groups (broad SMARTS) is 1. The van der Waals surface area contributed by atoms with Gasteiger partial charge in [0.25, 0.3) is 0 Å². The van der Waals surface area contributed by atoms with Crippen LogP contribution in [-0.4, -0.2) is 54.8 Å². The molecule has 0 aliphatic carbocycles. The Bertz CT molecular complexity index is 434. The van der Waals surface area contributed by atoms with Crippen LogP contribution in [0.3, 0.4) is 0 Å². The first-order valence-electron chi connectivity index (χ1n) is 6.05. The predicted molar refractivity (Wildman–Crippen MR) is 62.6 cm³/mol. The minimum Gasteiger partial charge on any atom is -0.480 e. The van der Waals surface area contributed by atoms with E-state index >= 15 is 0 Å². The summed E-state index contributed by atoms with van der Waals surface area (Å²) in [5, 5.41) is 20.6. The first kappa shape index (κ1) is 12.9. The minimum absolute atomic E-state index is 0.335. The van der Waals surface area contributed by atoms with Crippen molar-refractivity contribution in [3.63, 3.8) is 0 Å². The second-order valence-electron chi connectivity index (χ2n) is 4.74. The van der Waals surface area contributed by atoms with Gasteiger partial charge in [0.1, 0.15) is 5.54 Å². The molecule has 1 fully saturated rings. The van der Waals surface area contributed by atoms with Crippen LogP contribution in [0.1, 0.15) is 25.6 Å². The Labute approximate surface area is 105 Å². The molecular formula is C10H18N6O2. The molecule has 8 heteroatoms. The quantitative estimate of drug-likeness (QED) is 0.698. The molecule has 3 N–H and O–H groups in total. The van der Waals surface area contributed by atoms with Crippen LogP contribution in [-0.2, 0) is 17.9 Å². The summed E-state index contributed by atoms with van der Waals surface area (Å²) in [5.41, 5.74) is 4.68. The second-order valence-corrected chi connectivity index (χ2v) is 4.74. The van der Waals surface area contributed by atoms with Crippen LogP contribution < -0.4 is 5.73 Å². The van der Waals surface area contributed by atoms with E-state index in [1.165, 1.54) is 0 Å². The van der Waals surface area contributed by atoms with Crippen molar-refractivity contribution >= 4 is 5.97 Å². The van der Waals surface area contributed by atoms with Crippen LogP contribution in [0.4, 0.5) is 0 Å². The molecule has 0 saturated carbocycles. The van der Waals surface area contributed by atoms with Crippen LogP contribution in [0.15, 0.2) is 0 Å². The Morgan fingerprint density at radius 3 is 3.00 bits per heavy atom. The molecule has 1 saturated heterocycles. The van der Waals surface area contributed by atoms with Crippen molar-refractivity contribution in [3.8, 4) is 0 Å². The number of carbonyl (C=O) groups is 1. The van der Waals surface area contributed by atoms with Gasteiger partial charge in [-0.25, -0.2) is 4.68 Å². The molecule has 1 atom stereocenters. The number of aromatic nitrogens is 4. The molecule has 0 amide bonds. The molecule has 100 valence electrons. The maximum atomic E-state index is 11.0. The minimum atomic E-state index is -1.14. The van der Waals surface area contributed by atoms with Crippen molar-refractivity contribution in [1.82, 2.24) is 25.1 Å². The maximum absolute atomic E-state index is 11.0. The first-order chi connectivity index (χ1) is 8.55. The summed E-state index contributed by atoms with van der Waals surface area (Å²) in [5.74, 6) is -0.190. The fourth-order valence-electron chi connectivity index (χ4n) is 2.15. The van der Waals surface area contributed by atoms with Gasteiger partial charge < -0.3 is 10.8 Å². The number of rotatable bonds is 5. The number of likely N-dealkylation sites (tertiary alicyclic amines) is 1. The Balaban J connectivity index is 1.99. The van der Waals surface area contributed by atoms with Crippen molar-refractivity contribution in [2.45, 2.75) is 38.4 Å². The van der Waals surface area contributed by atoms with E-state index in [1.54, 1.807) is 4.68 Å². The molecule has 1 unspecified atom stereocenters. The summed E-state index contributed by atoms with van der Waals surface area (Å²) >= 11 is 0. The third-order valence-electron chi connectivity index (χ3n) is 3.21. The smallest absolute Gasteiger partial charge is 0.325 e. The van der Waals surface area contributed by atoms with Gasteiger partial charge in [0.05, 0.1) is 6.54 Å². The predicted octanol–water partition coefficient (Wildman–Crippen LogP) is -0.929. The van der Waals surface area contributed by atoms with E-state index in [4.69, 9.17) is 10.8 Å². The van der Waals surface area contributed by atoms with Gasteiger partial charge in [0.2, 0.25) is 0 Å². The van der Waals surface area contributed by atoms with Crippen molar-refractivity contribution < 1.29 is 9.90 Å². The van der Waals surface area contributed by atoms with Gasteiger partial charge in [0.15, 0.2) is 5.82 Å². The van der Waals surface area contributed by atoms with E-state index < -0.39 is 11.5 Å². The van der Waals surface area contributed by atoms with Crippen molar-refractivity contribution in [1.29, 1.82) is 0 Å². The van der Waals surface area contributed by atoms with Gasteiger partial charge >= 0.3 is 5.97 Å². The van der Waals surface area contributed by atoms with E-state index in [9.17, 15) is 4.79 Å². The SMILES string of the molecule is CCCn1nnnc1CN1CCC(N)(C(=O)O)C1. The lowest BCUT2D eigenvalue weighted by atomic mass is 10.0. The van der Waals surface area contributed by atoms with E-state index in [2.05, 4.69) is 22.4 Å². The van der Waals surface area contributed by atoms with E-state index in [1.807, 2.05) is 4.90 Å². The average molecular weight is 254 g/mol. The summed E-state index contributed by atoms with van der Waals surface area (Å²) in [6.07, 6.45) is 1.41. The standard InChI is InChI=1S/C10H18N6O2/c1-2-4-16-8(12-13-14-16)6-15-5-3-10(11,7-15)9(17)18/h2-7,11H2,1H3,(H,17,18). The lowest BCUT2D eigenvalue weighted by Gasteiger charge is -2.19. The fraction of sp³-hybridized carbons (Fsp3) is 0.800. The molecular weight excluding hydrogens is 236 g/mol. The van der Waals surface area contributed by atoms with Crippen molar-refractivity contribution in [3.05, 3.63) is 5.82 Å². The van der Waals surface area contributed by atoms with Gasteiger partial charge in [-0.1, -0.05) is 6.92 Å². The number of aryl methyl sites for hydroxylation is 1. The van der Waals surface area contributed by atoms with Gasteiger partial charge in [-0.05, 0) is 23.3 Å². The number of nitrogens with two attached hydrogens (primary N) is 1. The second kappa shape index (κ2) is 4.99. The summed E-state index contributed by atoms with van der Waals surface area (Å²) in [7, 11) is 0. The number of tetrazole rings is 1. The third-order valence-corrected chi connectivity index (χ3v) is 3.21. The van der Waals surface area contributed by atoms with Gasteiger partial charge in [-0.3, -0.25) is 9.69 Å². The molecule has 0 spiro atoms. The highest BCUT2D eigenvalue weighted by Gasteiger charge is 2.41. The maximum Gasteiger partial charge on any atom is 0.325 e. The zero-order valence-electron chi connectivity index (χ0n) is 10.4. The molecule has 1 aliphatic heterocycles. The summed E-state index contributed by atoms with van der Waals surface area (Å²) < 4.78 is 1.75. The molecule has 2 rings (SSSR count). The molecule has 1 aromatic heterocycles. The monoisotopic (exact) mass is 254 g/mol. The molecule has 1 aromatic rings. The molecule has 1 aliphatic rings.